The van der Waals surface area contributed by atoms with E-state index in [0.717, 1.165) is 6.42 Å². The molecule has 6 heteroatoms. The molecule has 0 aliphatic heterocycles. The van der Waals surface area contributed by atoms with Gasteiger partial charge in [0, 0.05) is 5.92 Å². The van der Waals surface area contributed by atoms with Crippen LogP contribution in [0.4, 0.5) is 0 Å². The van der Waals surface area contributed by atoms with Crippen molar-refractivity contribution >= 4 is 10.1 Å². The summed E-state index contributed by atoms with van der Waals surface area (Å²) >= 11 is 0. The minimum absolute atomic E-state index is 0. The van der Waals surface area contributed by atoms with E-state index >= 15 is 0 Å². The largest absolute Gasteiger partial charge is 1.00 e. The topological polar surface area (TPSA) is 77.4 Å². The Morgan fingerprint density at radius 2 is 1.93 bits per heavy atom. The Balaban J connectivity index is 0.00000169. The molecule has 1 fully saturated rings. The molecule has 0 heterocycles. The van der Waals surface area contributed by atoms with E-state index in [1.54, 1.807) is 6.92 Å². The third kappa shape index (κ3) is 2.51. The summed E-state index contributed by atoms with van der Waals surface area (Å²) in [6.07, 6.45) is 1.55. The van der Waals surface area contributed by atoms with Crippen LogP contribution in [0.1, 0.15) is 33.1 Å². The summed E-state index contributed by atoms with van der Waals surface area (Å²) in [6.45, 7) is 3.49. The fourth-order valence-electron chi connectivity index (χ4n) is 1.95. The molecular formula is C8H15NaO4S. The molecule has 0 amide bonds. The molecule has 1 saturated carbocycles. The van der Waals surface area contributed by atoms with Crippen molar-refractivity contribution in [3.8, 4) is 0 Å². The minimum atomic E-state index is -4.60. The number of aliphatic hydroxyl groups is 1. The maximum absolute atomic E-state index is 10.9. The molecule has 3 unspecified atom stereocenters. The fraction of sp³-hybridized carbons (Fsp3) is 1.00. The van der Waals surface area contributed by atoms with Gasteiger partial charge in [0.15, 0.2) is 4.93 Å². The van der Waals surface area contributed by atoms with Crippen LogP contribution in [0.15, 0.2) is 0 Å². The van der Waals surface area contributed by atoms with Crippen LogP contribution < -0.4 is 29.6 Å². The Labute approximate surface area is 107 Å². The van der Waals surface area contributed by atoms with E-state index in [4.69, 9.17) is 0 Å². The second-order valence-corrected chi connectivity index (χ2v) is 5.57. The van der Waals surface area contributed by atoms with E-state index < -0.39 is 21.0 Å². The number of hydrogen-bond acceptors (Lipinski definition) is 4. The molecule has 0 bridgehead atoms. The van der Waals surface area contributed by atoms with Gasteiger partial charge in [-0.15, -0.1) is 0 Å². The standard InChI is InChI=1S/C8H16O4S.Na/c1-6-4-3-5-8(9,7(6)2)13(10,11)12;/h6-7,9H,3-5H2,1-2H3,(H,10,11,12);/q;+1/p-1. The molecule has 14 heavy (non-hydrogen) atoms. The van der Waals surface area contributed by atoms with Gasteiger partial charge in [0.2, 0.25) is 0 Å². The predicted octanol–water partition coefficient (Wildman–Crippen LogP) is -2.32. The average Bonchev–Trinajstić information content (AvgIpc) is 1.98. The molecule has 1 rings (SSSR count). The van der Waals surface area contributed by atoms with Gasteiger partial charge in [-0.1, -0.05) is 20.3 Å². The van der Waals surface area contributed by atoms with Gasteiger partial charge in [-0.05, 0) is 18.8 Å². The number of hydrogen-bond donors (Lipinski definition) is 1. The van der Waals surface area contributed by atoms with Gasteiger partial charge in [0.05, 0.1) is 0 Å². The molecular weight excluding hydrogens is 215 g/mol. The first-order valence-corrected chi connectivity index (χ1v) is 5.87. The summed E-state index contributed by atoms with van der Waals surface area (Å²) in [5, 5.41) is 9.75. The minimum Gasteiger partial charge on any atom is -0.746 e. The van der Waals surface area contributed by atoms with Crippen molar-refractivity contribution in [1.82, 2.24) is 0 Å². The molecule has 0 aromatic rings. The van der Waals surface area contributed by atoms with E-state index in [-0.39, 0.29) is 41.9 Å². The summed E-state index contributed by atoms with van der Waals surface area (Å²) in [5.74, 6) is -0.383. The summed E-state index contributed by atoms with van der Waals surface area (Å²) in [6, 6.07) is 0. The molecule has 0 radical (unpaired) electrons. The Morgan fingerprint density at radius 3 is 2.29 bits per heavy atom. The van der Waals surface area contributed by atoms with E-state index in [1.165, 1.54) is 0 Å². The monoisotopic (exact) mass is 230 g/mol. The van der Waals surface area contributed by atoms with Crippen LogP contribution in [0.25, 0.3) is 0 Å². The van der Waals surface area contributed by atoms with Crippen LogP contribution in [0, 0.1) is 11.8 Å². The Kier molecular flexibility index (Phi) is 5.10. The van der Waals surface area contributed by atoms with Crippen LogP contribution in [-0.2, 0) is 10.1 Å². The van der Waals surface area contributed by atoms with Gasteiger partial charge in [0.1, 0.15) is 10.1 Å². The first-order chi connectivity index (χ1) is 5.79. The molecule has 3 atom stereocenters. The van der Waals surface area contributed by atoms with Crippen LogP contribution in [-0.4, -0.2) is 23.0 Å². The van der Waals surface area contributed by atoms with E-state index in [9.17, 15) is 18.1 Å². The average molecular weight is 230 g/mol. The summed E-state index contributed by atoms with van der Waals surface area (Å²) in [5.41, 5.74) is 0. The normalized spacial score (nSPS) is 38.9. The maximum Gasteiger partial charge on any atom is 1.00 e. The first-order valence-electron chi connectivity index (χ1n) is 4.47. The molecule has 0 saturated heterocycles. The van der Waals surface area contributed by atoms with Gasteiger partial charge in [-0.25, -0.2) is 8.42 Å². The van der Waals surface area contributed by atoms with Crippen LogP contribution in [0.5, 0.6) is 0 Å². The fourth-order valence-corrected chi connectivity index (χ4v) is 3.03. The van der Waals surface area contributed by atoms with Gasteiger partial charge in [-0.2, -0.15) is 0 Å². The Morgan fingerprint density at radius 1 is 1.43 bits per heavy atom. The second kappa shape index (κ2) is 4.80. The predicted molar refractivity (Wildman–Crippen MR) is 46.8 cm³/mol. The third-order valence-electron chi connectivity index (χ3n) is 3.19. The SMILES string of the molecule is CC1CCCC(O)(S(=O)(=O)[O-])C1C.[Na+]. The molecule has 0 aromatic carbocycles. The van der Waals surface area contributed by atoms with Gasteiger partial charge < -0.3 is 9.66 Å². The molecule has 1 aliphatic rings. The quantitative estimate of drug-likeness (QED) is 0.405. The van der Waals surface area contributed by atoms with Crippen LogP contribution >= 0.6 is 0 Å². The smallest absolute Gasteiger partial charge is 0.746 e. The van der Waals surface area contributed by atoms with Crippen molar-refractivity contribution < 1.29 is 47.6 Å². The molecule has 0 aromatic heterocycles. The first kappa shape index (κ1) is 14.9. The van der Waals surface area contributed by atoms with Crippen molar-refractivity contribution in [2.75, 3.05) is 0 Å². The van der Waals surface area contributed by atoms with Crippen molar-refractivity contribution in [3.05, 3.63) is 0 Å². The molecule has 1 N–H and O–H groups in total. The Hall–Kier alpha value is 0.870. The van der Waals surface area contributed by atoms with Crippen molar-refractivity contribution in [3.63, 3.8) is 0 Å². The van der Waals surface area contributed by atoms with Crippen LogP contribution in [0.2, 0.25) is 0 Å². The number of rotatable bonds is 1. The van der Waals surface area contributed by atoms with E-state index in [1.807, 2.05) is 6.92 Å². The van der Waals surface area contributed by atoms with Crippen molar-refractivity contribution in [2.24, 2.45) is 11.8 Å². The molecule has 78 valence electrons. The maximum atomic E-state index is 10.9. The van der Waals surface area contributed by atoms with Crippen LogP contribution in [0.3, 0.4) is 0 Å². The zero-order valence-electron chi connectivity index (χ0n) is 8.86. The summed E-state index contributed by atoms with van der Waals surface area (Å²) < 4.78 is 32.6. The zero-order valence-corrected chi connectivity index (χ0v) is 11.7. The van der Waals surface area contributed by atoms with Gasteiger partial charge in [-0.3, -0.25) is 0 Å². The van der Waals surface area contributed by atoms with E-state index in [0.29, 0.717) is 6.42 Å². The third-order valence-corrected chi connectivity index (χ3v) is 4.63. The second-order valence-electron chi connectivity index (χ2n) is 3.96. The zero-order chi connectivity index (χ0) is 10.3. The van der Waals surface area contributed by atoms with Crippen molar-refractivity contribution in [2.45, 2.75) is 38.0 Å². The summed E-state index contributed by atoms with van der Waals surface area (Å²) in [4.78, 5) is -2.04. The molecule has 0 spiro atoms. The van der Waals surface area contributed by atoms with Crippen molar-refractivity contribution in [1.29, 1.82) is 0 Å². The summed E-state index contributed by atoms with van der Waals surface area (Å²) in [7, 11) is -4.60. The molecule has 4 nitrogen and oxygen atoms in total. The van der Waals surface area contributed by atoms with E-state index in [2.05, 4.69) is 0 Å². The van der Waals surface area contributed by atoms with Gasteiger partial charge >= 0.3 is 29.6 Å². The molecule has 1 aliphatic carbocycles. The Bertz CT molecular complexity index is 290. The van der Waals surface area contributed by atoms with Gasteiger partial charge in [0.25, 0.3) is 0 Å².